The first-order valence-corrected chi connectivity index (χ1v) is 9.89. The molecule has 0 saturated heterocycles. The minimum Gasteiger partial charge on any atom is -0.466 e. The smallest absolute Gasteiger partial charge is 0.309 e. The Balaban J connectivity index is 2.19. The summed E-state index contributed by atoms with van der Waals surface area (Å²) < 4.78 is 10.6. The van der Waals surface area contributed by atoms with E-state index < -0.39 is 0 Å². The second-order valence-electron chi connectivity index (χ2n) is 7.37. The zero-order valence-corrected chi connectivity index (χ0v) is 15.9. The number of unbranched alkanes of at least 4 members (excludes halogenated alkanes) is 4. The summed E-state index contributed by atoms with van der Waals surface area (Å²) >= 11 is 0. The fourth-order valence-corrected chi connectivity index (χ4v) is 3.41. The molecule has 0 N–H and O–H groups in total. The highest BCUT2D eigenvalue weighted by Gasteiger charge is 2.37. The maximum absolute atomic E-state index is 12.3. The van der Waals surface area contributed by atoms with Crippen molar-refractivity contribution in [3.05, 3.63) is 0 Å². The first-order valence-electron chi connectivity index (χ1n) is 9.89. The molecule has 0 spiro atoms. The van der Waals surface area contributed by atoms with Crippen LogP contribution in [0.1, 0.15) is 85.0 Å². The van der Waals surface area contributed by atoms with Gasteiger partial charge in [-0.25, -0.2) is 0 Å². The van der Waals surface area contributed by atoms with E-state index in [-0.39, 0.29) is 23.8 Å². The van der Waals surface area contributed by atoms with Gasteiger partial charge in [-0.1, -0.05) is 58.8 Å². The predicted octanol–water partition coefficient (Wildman–Crippen LogP) is 4.90. The first kappa shape index (κ1) is 21.0. The average Bonchev–Trinajstić information content (AvgIpc) is 2.57. The number of carbonyl (C=O) groups is 2. The number of ether oxygens (including phenoxy) is 2. The largest absolute Gasteiger partial charge is 0.466 e. The summed E-state index contributed by atoms with van der Waals surface area (Å²) in [6, 6.07) is 0. The Morgan fingerprint density at radius 2 is 1.42 bits per heavy atom. The number of rotatable bonds is 11. The summed E-state index contributed by atoms with van der Waals surface area (Å²) in [6.45, 7) is 7.17. The van der Waals surface area contributed by atoms with Gasteiger partial charge in [0.1, 0.15) is 0 Å². The summed E-state index contributed by atoms with van der Waals surface area (Å²) in [4.78, 5) is 24.3. The van der Waals surface area contributed by atoms with Crippen molar-refractivity contribution in [1.82, 2.24) is 0 Å². The predicted molar refractivity (Wildman–Crippen MR) is 95.6 cm³/mol. The highest BCUT2D eigenvalue weighted by molar-refractivity contribution is 5.82. The lowest BCUT2D eigenvalue weighted by atomic mass is 9.79. The Labute approximate surface area is 147 Å². The van der Waals surface area contributed by atoms with Gasteiger partial charge >= 0.3 is 11.9 Å². The molecular weight excluding hydrogens is 304 g/mol. The van der Waals surface area contributed by atoms with E-state index in [1.165, 1.54) is 25.7 Å². The third-order valence-electron chi connectivity index (χ3n) is 4.83. The van der Waals surface area contributed by atoms with Crippen molar-refractivity contribution in [1.29, 1.82) is 0 Å². The van der Waals surface area contributed by atoms with Crippen molar-refractivity contribution in [2.75, 3.05) is 13.2 Å². The molecule has 140 valence electrons. The number of hydrogen-bond acceptors (Lipinski definition) is 4. The molecule has 0 bridgehead atoms. The summed E-state index contributed by atoms with van der Waals surface area (Å²) in [7, 11) is 0. The fraction of sp³-hybridized carbons (Fsp3) is 0.900. The Bertz CT molecular complexity index is 365. The monoisotopic (exact) mass is 340 g/mol. The highest BCUT2D eigenvalue weighted by atomic mass is 16.5. The van der Waals surface area contributed by atoms with E-state index in [1.807, 2.05) is 0 Å². The molecule has 0 aromatic rings. The van der Waals surface area contributed by atoms with Gasteiger partial charge in [-0.15, -0.1) is 0 Å². The molecule has 0 heterocycles. The standard InChI is InChI=1S/C20H36O4/c1-4-23-19(21)17-13-9-10-14-18(17)20(22)24-15-11-7-5-6-8-12-16(2)3/h16-18H,4-15H2,1-3H3. The van der Waals surface area contributed by atoms with Crippen LogP contribution in [0.4, 0.5) is 0 Å². The lowest BCUT2D eigenvalue weighted by Crippen LogP contribution is -2.35. The van der Waals surface area contributed by atoms with Crippen LogP contribution in [0.3, 0.4) is 0 Å². The molecule has 1 aliphatic rings. The number of carbonyl (C=O) groups excluding carboxylic acids is 2. The minimum atomic E-state index is -0.303. The van der Waals surface area contributed by atoms with Gasteiger partial charge in [0.15, 0.2) is 0 Å². The molecule has 2 atom stereocenters. The van der Waals surface area contributed by atoms with Crippen LogP contribution in [0.2, 0.25) is 0 Å². The second kappa shape index (κ2) is 12.3. The molecule has 2 unspecified atom stereocenters. The Morgan fingerprint density at radius 3 is 2.00 bits per heavy atom. The van der Waals surface area contributed by atoms with Crippen LogP contribution in [-0.2, 0) is 19.1 Å². The first-order chi connectivity index (χ1) is 11.6. The lowest BCUT2D eigenvalue weighted by Gasteiger charge is -2.28. The quantitative estimate of drug-likeness (QED) is 0.397. The molecular formula is C20H36O4. The highest BCUT2D eigenvalue weighted by Crippen LogP contribution is 2.32. The Hall–Kier alpha value is -1.06. The number of esters is 2. The van der Waals surface area contributed by atoms with Crippen molar-refractivity contribution < 1.29 is 19.1 Å². The van der Waals surface area contributed by atoms with Gasteiger partial charge < -0.3 is 9.47 Å². The molecule has 4 heteroatoms. The molecule has 0 radical (unpaired) electrons. The van der Waals surface area contributed by atoms with Crippen LogP contribution < -0.4 is 0 Å². The maximum Gasteiger partial charge on any atom is 0.309 e. The molecule has 1 fully saturated rings. The normalized spacial score (nSPS) is 20.8. The third-order valence-corrected chi connectivity index (χ3v) is 4.83. The molecule has 1 rings (SSSR count). The van der Waals surface area contributed by atoms with Crippen LogP contribution in [0.25, 0.3) is 0 Å². The molecule has 4 nitrogen and oxygen atoms in total. The van der Waals surface area contributed by atoms with Gasteiger partial charge in [0, 0.05) is 0 Å². The summed E-state index contributed by atoms with van der Waals surface area (Å²) in [5.41, 5.74) is 0. The van der Waals surface area contributed by atoms with Crippen LogP contribution in [0, 0.1) is 17.8 Å². The zero-order valence-electron chi connectivity index (χ0n) is 15.9. The van der Waals surface area contributed by atoms with Gasteiger partial charge in [-0.05, 0) is 32.1 Å². The van der Waals surface area contributed by atoms with E-state index in [1.54, 1.807) is 6.92 Å². The van der Waals surface area contributed by atoms with Crippen LogP contribution in [0.5, 0.6) is 0 Å². The average molecular weight is 341 g/mol. The van der Waals surface area contributed by atoms with E-state index in [2.05, 4.69) is 13.8 Å². The molecule has 1 aliphatic carbocycles. The molecule has 0 aliphatic heterocycles. The summed E-state index contributed by atoms with van der Waals surface area (Å²) in [5.74, 6) is -0.253. The Kier molecular flexibility index (Phi) is 10.8. The maximum atomic E-state index is 12.3. The zero-order chi connectivity index (χ0) is 17.8. The van der Waals surface area contributed by atoms with Crippen molar-refractivity contribution in [2.24, 2.45) is 17.8 Å². The van der Waals surface area contributed by atoms with E-state index in [0.717, 1.165) is 44.4 Å². The van der Waals surface area contributed by atoms with E-state index in [4.69, 9.17) is 9.47 Å². The van der Waals surface area contributed by atoms with Crippen molar-refractivity contribution in [3.8, 4) is 0 Å². The van der Waals surface area contributed by atoms with Gasteiger partial charge in [-0.2, -0.15) is 0 Å². The van der Waals surface area contributed by atoms with Crippen LogP contribution >= 0.6 is 0 Å². The van der Waals surface area contributed by atoms with Crippen LogP contribution in [0.15, 0.2) is 0 Å². The lowest BCUT2D eigenvalue weighted by molar-refractivity contribution is -0.162. The van der Waals surface area contributed by atoms with Crippen LogP contribution in [-0.4, -0.2) is 25.2 Å². The van der Waals surface area contributed by atoms with E-state index in [0.29, 0.717) is 13.2 Å². The van der Waals surface area contributed by atoms with Gasteiger partial charge in [0.25, 0.3) is 0 Å². The van der Waals surface area contributed by atoms with Crippen molar-refractivity contribution in [2.45, 2.75) is 85.0 Å². The summed E-state index contributed by atoms with van der Waals surface area (Å²) in [6.07, 6.45) is 10.6. The minimum absolute atomic E-state index is 0.201. The van der Waals surface area contributed by atoms with E-state index >= 15 is 0 Å². The second-order valence-corrected chi connectivity index (χ2v) is 7.37. The molecule has 0 amide bonds. The molecule has 24 heavy (non-hydrogen) atoms. The van der Waals surface area contributed by atoms with Gasteiger partial charge in [-0.3, -0.25) is 9.59 Å². The summed E-state index contributed by atoms with van der Waals surface area (Å²) in [5, 5.41) is 0. The topological polar surface area (TPSA) is 52.6 Å². The third kappa shape index (κ3) is 8.16. The SMILES string of the molecule is CCOC(=O)C1CCCCC1C(=O)OCCCCCCCC(C)C. The van der Waals surface area contributed by atoms with Crippen molar-refractivity contribution in [3.63, 3.8) is 0 Å². The molecule has 1 saturated carbocycles. The molecule has 0 aromatic carbocycles. The number of hydrogen-bond donors (Lipinski definition) is 0. The van der Waals surface area contributed by atoms with Gasteiger partial charge in [0.2, 0.25) is 0 Å². The van der Waals surface area contributed by atoms with Crippen molar-refractivity contribution >= 4 is 11.9 Å². The molecule has 0 aromatic heterocycles. The fourth-order valence-electron chi connectivity index (χ4n) is 3.41. The van der Waals surface area contributed by atoms with E-state index in [9.17, 15) is 9.59 Å². The van der Waals surface area contributed by atoms with Gasteiger partial charge in [0.05, 0.1) is 25.0 Å². The Morgan fingerprint density at radius 1 is 0.875 bits per heavy atom.